The van der Waals surface area contributed by atoms with E-state index in [0.29, 0.717) is 37.5 Å². The van der Waals surface area contributed by atoms with Crippen LogP contribution in [0.2, 0.25) is 0 Å². The van der Waals surface area contributed by atoms with Crippen molar-refractivity contribution in [3.63, 3.8) is 0 Å². The molecule has 1 heterocycles. The Balaban J connectivity index is 1.97. The molecule has 1 atom stereocenters. The summed E-state index contributed by atoms with van der Waals surface area (Å²) in [5.74, 6) is -0.330. The largest absolute Gasteiger partial charge is 0.491 e. The van der Waals surface area contributed by atoms with Crippen molar-refractivity contribution in [3.8, 4) is 5.75 Å². The number of likely N-dealkylation sites (tertiary alicyclic amines) is 1. The lowest BCUT2D eigenvalue weighted by Gasteiger charge is -2.20. The first-order valence-electron chi connectivity index (χ1n) is 7.21. The van der Waals surface area contributed by atoms with Gasteiger partial charge in [0.15, 0.2) is 0 Å². The van der Waals surface area contributed by atoms with E-state index in [1.807, 2.05) is 0 Å². The van der Waals surface area contributed by atoms with Gasteiger partial charge in [0.25, 0.3) is 5.91 Å². The molecule has 0 radical (unpaired) electrons. The Morgan fingerprint density at radius 3 is 2.50 bits per heavy atom. The summed E-state index contributed by atoms with van der Waals surface area (Å²) in [4.78, 5) is 25.2. The van der Waals surface area contributed by atoms with Crippen LogP contribution in [-0.2, 0) is 9.53 Å². The van der Waals surface area contributed by atoms with Gasteiger partial charge in [-0.25, -0.2) is 0 Å². The minimum absolute atomic E-state index is 0.145. The number of carbonyl (C=O) groups is 2. The molecule has 0 unspecified atom stereocenters. The van der Waals surface area contributed by atoms with Crippen LogP contribution in [0, 0.1) is 5.41 Å². The molecule has 120 valence electrons. The van der Waals surface area contributed by atoms with Crippen LogP contribution < -0.4 is 4.74 Å². The summed E-state index contributed by atoms with van der Waals surface area (Å²) in [5.41, 5.74) is -0.312. The average Bonchev–Trinajstić information content (AvgIpc) is 2.91. The number of carbonyl (C=O) groups excluding carboxylic acids is 1. The van der Waals surface area contributed by atoms with E-state index in [1.165, 1.54) is 0 Å². The first-order valence-corrected chi connectivity index (χ1v) is 7.21. The molecule has 0 aromatic heterocycles. The fourth-order valence-electron chi connectivity index (χ4n) is 2.43. The zero-order valence-electron chi connectivity index (χ0n) is 12.9. The van der Waals surface area contributed by atoms with Crippen LogP contribution in [0.4, 0.5) is 0 Å². The third-order valence-corrected chi connectivity index (χ3v) is 3.93. The quantitative estimate of drug-likeness (QED) is 0.809. The van der Waals surface area contributed by atoms with Crippen molar-refractivity contribution >= 4 is 11.9 Å². The van der Waals surface area contributed by atoms with Crippen molar-refractivity contribution in [2.45, 2.75) is 13.3 Å². The van der Waals surface area contributed by atoms with Gasteiger partial charge in [0.05, 0.1) is 12.0 Å². The maximum atomic E-state index is 12.4. The van der Waals surface area contributed by atoms with Crippen molar-refractivity contribution in [1.29, 1.82) is 0 Å². The van der Waals surface area contributed by atoms with Crippen LogP contribution in [0.1, 0.15) is 23.7 Å². The van der Waals surface area contributed by atoms with Crippen molar-refractivity contribution in [2.24, 2.45) is 5.41 Å². The van der Waals surface area contributed by atoms with E-state index >= 15 is 0 Å². The maximum absolute atomic E-state index is 12.4. The molecule has 0 bridgehead atoms. The smallest absolute Gasteiger partial charge is 0.311 e. The number of amides is 1. The number of nitrogens with zero attached hydrogens (tertiary/aromatic N) is 1. The van der Waals surface area contributed by atoms with Gasteiger partial charge < -0.3 is 19.5 Å². The van der Waals surface area contributed by atoms with E-state index in [0.717, 1.165) is 0 Å². The summed E-state index contributed by atoms with van der Waals surface area (Å²) in [6.07, 6.45) is 0.478. The number of hydrogen-bond acceptors (Lipinski definition) is 4. The molecule has 0 spiro atoms. The first kappa shape index (κ1) is 16.3. The molecule has 1 N–H and O–H groups in total. The zero-order chi connectivity index (χ0) is 16.2. The van der Waals surface area contributed by atoms with E-state index in [1.54, 1.807) is 43.2 Å². The Kier molecular flexibility index (Phi) is 5.03. The summed E-state index contributed by atoms with van der Waals surface area (Å²) >= 11 is 0. The van der Waals surface area contributed by atoms with Gasteiger partial charge in [-0.15, -0.1) is 0 Å². The van der Waals surface area contributed by atoms with Gasteiger partial charge in [-0.1, -0.05) is 0 Å². The molecular weight excluding hydrogens is 286 g/mol. The van der Waals surface area contributed by atoms with Crippen LogP contribution in [0.3, 0.4) is 0 Å². The molecule has 6 heteroatoms. The third-order valence-electron chi connectivity index (χ3n) is 3.93. The fourth-order valence-corrected chi connectivity index (χ4v) is 2.43. The van der Waals surface area contributed by atoms with Gasteiger partial charge in [0, 0.05) is 25.8 Å². The molecular formula is C16H21NO5. The highest BCUT2D eigenvalue weighted by Gasteiger charge is 2.42. The fraction of sp³-hybridized carbons (Fsp3) is 0.500. The number of rotatable bonds is 6. The summed E-state index contributed by atoms with van der Waals surface area (Å²) < 4.78 is 10.3. The minimum atomic E-state index is -0.857. The highest BCUT2D eigenvalue weighted by Crippen LogP contribution is 2.31. The number of benzene rings is 1. The van der Waals surface area contributed by atoms with Gasteiger partial charge in [-0.2, -0.15) is 0 Å². The third kappa shape index (κ3) is 3.57. The second kappa shape index (κ2) is 6.79. The van der Waals surface area contributed by atoms with Crippen molar-refractivity contribution < 1.29 is 24.2 Å². The molecule has 1 aromatic carbocycles. The molecule has 0 aliphatic carbocycles. The predicted octanol–water partition coefficient (Wildman–Crippen LogP) is 1.65. The highest BCUT2D eigenvalue weighted by molar-refractivity contribution is 5.95. The normalized spacial score (nSPS) is 20.9. The van der Waals surface area contributed by atoms with Crippen LogP contribution >= 0.6 is 0 Å². The molecule has 0 saturated carbocycles. The SMILES string of the molecule is COCCOc1ccc(C(=O)N2CC[C@](C)(C(=O)O)C2)cc1. The maximum Gasteiger partial charge on any atom is 0.311 e. The number of carboxylic acid groups (broad SMARTS) is 1. The Morgan fingerprint density at radius 2 is 1.95 bits per heavy atom. The van der Waals surface area contributed by atoms with E-state index < -0.39 is 11.4 Å². The van der Waals surface area contributed by atoms with Crippen LogP contribution in [0.5, 0.6) is 5.75 Å². The molecule has 1 aromatic rings. The molecule has 1 saturated heterocycles. The topological polar surface area (TPSA) is 76.1 Å². The molecule has 1 aliphatic rings. The monoisotopic (exact) mass is 307 g/mol. The van der Waals surface area contributed by atoms with Gasteiger partial charge in [0.2, 0.25) is 0 Å². The van der Waals surface area contributed by atoms with E-state index in [9.17, 15) is 14.7 Å². The highest BCUT2D eigenvalue weighted by atomic mass is 16.5. The van der Waals surface area contributed by atoms with Crippen molar-refractivity contribution in [3.05, 3.63) is 29.8 Å². The Hall–Kier alpha value is -2.08. The van der Waals surface area contributed by atoms with Gasteiger partial charge in [-0.05, 0) is 37.6 Å². The predicted molar refractivity (Wildman–Crippen MR) is 80.1 cm³/mol. The average molecular weight is 307 g/mol. The minimum Gasteiger partial charge on any atom is -0.491 e. The standard InChI is InChI=1S/C16H21NO5/c1-16(15(19)20)7-8-17(11-16)14(18)12-3-5-13(6-4-12)22-10-9-21-2/h3-6H,7-11H2,1-2H3,(H,19,20)/t16-/m0/s1. The van der Waals surface area contributed by atoms with Crippen LogP contribution in [-0.4, -0.2) is 55.3 Å². The second-order valence-electron chi connectivity index (χ2n) is 5.71. The Labute approximate surface area is 129 Å². The zero-order valence-corrected chi connectivity index (χ0v) is 12.9. The van der Waals surface area contributed by atoms with Crippen molar-refractivity contribution in [2.75, 3.05) is 33.4 Å². The number of ether oxygens (including phenoxy) is 2. The summed E-state index contributed by atoms with van der Waals surface area (Å²) in [7, 11) is 1.60. The molecule has 1 fully saturated rings. The lowest BCUT2D eigenvalue weighted by atomic mass is 9.90. The Bertz CT molecular complexity index is 542. The number of carboxylic acids is 1. The lowest BCUT2D eigenvalue weighted by Crippen LogP contribution is -2.34. The Morgan fingerprint density at radius 1 is 1.27 bits per heavy atom. The number of methoxy groups -OCH3 is 1. The summed E-state index contributed by atoms with van der Waals surface area (Å²) in [5, 5.41) is 9.22. The van der Waals surface area contributed by atoms with Gasteiger partial charge in [-0.3, -0.25) is 9.59 Å². The van der Waals surface area contributed by atoms with Crippen LogP contribution in [0.25, 0.3) is 0 Å². The number of hydrogen-bond donors (Lipinski definition) is 1. The van der Waals surface area contributed by atoms with Crippen LogP contribution in [0.15, 0.2) is 24.3 Å². The molecule has 6 nitrogen and oxygen atoms in total. The van der Waals surface area contributed by atoms with E-state index in [-0.39, 0.29) is 12.5 Å². The van der Waals surface area contributed by atoms with Gasteiger partial charge in [0.1, 0.15) is 12.4 Å². The lowest BCUT2D eigenvalue weighted by molar-refractivity contribution is -0.147. The van der Waals surface area contributed by atoms with Crippen molar-refractivity contribution in [1.82, 2.24) is 4.90 Å². The molecule has 1 amide bonds. The molecule has 2 rings (SSSR count). The number of aliphatic carboxylic acids is 1. The summed E-state index contributed by atoms with van der Waals surface area (Å²) in [6.45, 7) is 3.34. The van der Waals surface area contributed by atoms with E-state index in [4.69, 9.17) is 9.47 Å². The second-order valence-corrected chi connectivity index (χ2v) is 5.71. The van der Waals surface area contributed by atoms with Gasteiger partial charge >= 0.3 is 5.97 Å². The molecule has 22 heavy (non-hydrogen) atoms. The first-order chi connectivity index (χ1) is 10.5. The summed E-state index contributed by atoms with van der Waals surface area (Å²) in [6, 6.07) is 6.85. The van der Waals surface area contributed by atoms with E-state index in [2.05, 4.69) is 0 Å². The molecule has 1 aliphatic heterocycles.